The summed E-state index contributed by atoms with van der Waals surface area (Å²) in [4.78, 5) is 12.0. The van der Waals surface area contributed by atoms with E-state index in [4.69, 9.17) is 11.6 Å². The zero-order chi connectivity index (χ0) is 14.3. The second-order valence-corrected chi connectivity index (χ2v) is 5.46. The standard InChI is InChI=1S/C16H22ClFO/c1-3-5-7-12(4-2)10-14(19)11-13-8-6-9-15(17)16(13)18/h6,8-9,12H,3-5,7,10-11H2,1-2H3. The predicted molar refractivity (Wildman–Crippen MR) is 78.0 cm³/mol. The minimum absolute atomic E-state index is 0.0864. The Kier molecular flexibility index (Phi) is 7.07. The van der Waals surface area contributed by atoms with Crippen LogP contribution in [0.25, 0.3) is 0 Å². The van der Waals surface area contributed by atoms with Gasteiger partial charge in [-0.2, -0.15) is 0 Å². The highest BCUT2D eigenvalue weighted by Crippen LogP contribution is 2.21. The molecule has 1 unspecified atom stereocenters. The molecule has 1 atom stereocenters. The lowest BCUT2D eigenvalue weighted by molar-refractivity contribution is -0.119. The van der Waals surface area contributed by atoms with Crippen LogP contribution in [0.3, 0.4) is 0 Å². The van der Waals surface area contributed by atoms with E-state index in [0.29, 0.717) is 17.9 Å². The summed E-state index contributed by atoms with van der Waals surface area (Å²) in [5, 5.41) is 0.0864. The van der Waals surface area contributed by atoms with E-state index < -0.39 is 5.82 Å². The third-order valence-electron chi connectivity index (χ3n) is 3.48. The molecule has 0 saturated carbocycles. The van der Waals surface area contributed by atoms with Crippen LogP contribution in [0, 0.1) is 11.7 Å². The van der Waals surface area contributed by atoms with Crippen molar-refractivity contribution in [1.82, 2.24) is 0 Å². The number of carbonyl (C=O) groups excluding carboxylic acids is 1. The zero-order valence-corrected chi connectivity index (χ0v) is 12.5. The maximum absolute atomic E-state index is 13.7. The van der Waals surface area contributed by atoms with E-state index in [-0.39, 0.29) is 17.2 Å². The number of halogens is 2. The van der Waals surface area contributed by atoms with Gasteiger partial charge in [-0.1, -0.05) is 63.3 Å². The smallest absolute Gasteiger partial charge is 0.145 e. The quantitative estimate of drug-likeness (QED) is 0.641. The number of ketones is 1. The highest BCUT2D eigenvalue weighted by molar-refractivity contribution is 6.30. The van der Waals surface area contributed by atoms with Crippen molar-refractivity contribution in [2.75, 3.05) is 0 Å². The zero-order valence-electron chi connectivity index (χ0n) is 11.7. The van der Waals surface area contributed by atoms with Crippen LogP contribution in [0.4, 0.5) is 4.39 Å². The van der Waals surface area contributed by atoms with Gasteiger partial charge in [0.05, 0.1) is 5.02 Å². The molecule has 0 amide bonds. The molecular formula is C16H22ClFO. The van der Waals surface area contributed by atoms with Crippen molar-refractivity contribution in [3.8, 4) is 0 Å². The van der Waals surface area contributed by atoms with Crippen molar-refractivity contribution in [1.29, 1.82) is 0 Å². The Morgan fingerprint density at radius 1 is 1.37 bits per heavy atom. The van der Waals surface area contributed by atoms with Crippen LogP contribution >= 0.6 is 11.6 Å². The fourth-order valence-electron chi connectivity index (χ4n) is 2.23. The first-order chi connectivity index (χ1) is 9.08. The molecule has 0 bridgehead atoms. The third kappa shape index (κ3) is 5.32. The fraction of sp³-hybridized carbons (Fsp3) is 0.562. The van der Waals surface area contributed by atoms with Crippen molar-refractivity contribution >= 4 is 17.4 Å². The molecule has 106 valence electrons. The molecule has 1 nitrogen and oxygen atoms in total. The average molecular weight is 285 g/mol. The van der Waals surface area contributed by atoms with Gasteiger partial charge in [-0.05, 0) is 17.5 Å². The predicted octanol–water partition coefficient (Wildman–Crippen LogP) is 5.20. The molecule has 0 N–H and O–H groups in total. The minimum Gasteiger partial charge on any atom is -0.299 e. The Hall–Kier alpha value is -0.890. The molecule has 0 radical (unpaired) electrons. The van der Waals surface area contributed by atoms with E-state index in [0.717, 1.165) is 25.7 Å². The summed E-state index contributed by atoms with van der Waals surface area (Å²) in [6.07, 6.45) is 5.07. The topological polar surface area (TPSA) is 17.1 Å². The first kappa shape index (κ1) is 16.2. The van der Waals surface area contributed by atoms with Gasteiger partial charge in [-0.15, -0.1) is 0 Å². The van der Waals surface area contributed by atoms with Gasteiger partial charge >= 0.3 is 0 Å². The monoisotopic (exact) mass is 284 g/mol. The van der Waals surface area contributed by atoms with E-state index >= 15 is 0 Å². The first-order valence-electron chi connectivity index (χ1n) is 7.03. The Balaban J connectivity index is 2.56. The van der Waals surface area contributed by atoms with Crippen molar-refractivity contribution in [3.63, 3.8) is 0 Å². The summed E-state index contributed by atoms with van der Waals surface area (Å²) in [6, 6.07) is 4.81. The van der Waals surface area contributed by atoms with Crippen molar-refractivity contribution in [2.24, 2.45) is 5.92 Å². The molecule has 0 aliphatic rings. The van der Waals surface area contributed by atoms with E-state index in [1.54, 1.807) is 12.1 Å². The Bertz CT molecular complexity index is 417. The molecular weight excluding hydrogens is 263 g/mol. The van der Waals surface area contributed by atoms with Gasteiger partial charge in [0.25, 0.3) is 0 Å². The lowest BCUT2D eigenvalue weighted by Gasteiger charge is -2.13. The van der Waals surface area contributed by atoms with Gasteiger partial charge in [-0.25, -0.2) is 4.39 Å². The van der Waals surface area contributed by atoms with Crippen LogP contribution in [0.5, 0.6) is 0 Å². The highest BCUT2D eigenvalue weighted by atomic mass is 35.5. The van der Waals surface area contributed by atoms with Gasteiger partial charge in [0.2, 0.25) is 0 Å². The van der Waals surface area contributed by atoms with Crippen molar-refractivity contribution in [2.45, 2.75) is 52.4 Å². The van der Waals surface area contributed by atoms with Gasteiger partial charge in [0.1, 0.15) is 11.6 Å². The molecule has 19 heavy (non-hydrogen) atoms. The molecule has 0 heterocycles. The van der Waals surface area contributed by atoms with Crippen LogP contribution in [-0.2, 0) is 11.2 Å². The van der Waals surface area contributed by atoms with Gasteiger partial charge in [-0.3, -0.25) is 4.79 Å². The summed E-state index contributed by atoms with van der Waals surface area (Å²) in [5.41, 5.74) is 0.405. The van der Waals surface area contributed by atoms with Crippen LogP contribution < -0.4 is 0 Å². The number of rotatable bonds is 8. The molecule has 0 fully saturated rings. The molecule has 0 saturated heterocycles. The van der Waals surface area contributed by atoms with Crippen molar-refractivity contribution < 1.29 is 9.18 Å². The van der Waals surface area contributed by atoms with Gasteiger partial charge < -0.3 is 0 Å². The molecule has 0 aromatic heterocycles. The lowest BCUT2D eigenvalue weighted by atomic mass is 9.92. The maximum atomic E-state index is 13.7. The molecule has 0 spiro atoms. The largest absolute Gasteiger partial charge is 0.299 e. The van der Waals surface area contributed by atoms with Crippen LogP contribution in [0.15, 0.2) is 18.2 Å². The Morgan fingerprint density at radius 2 is 2.11 bits per heavy atom. The van der Waals surface area contributed by atoms with Gasteiger partial charge in [0.15, 0.2) is 0 Å². The number of hydrogen-bond donors (Lipinski definition) is 0. The van der Waals surface area contributed by atoms with Gasteiger partial charge in [0, 0.05) is 12.8 Å². The van der Waals surface area contributed by atoms with E-state index in [1.807, 2.05) is 0 Å². The number of unbranched alkanes of at least 4 members (excludes halogenated alkanes) is 1. The molecule has 1 aromatic rings. The first-order valence-corrected chi connectivity index (χ1v) is 7.40. The molecule has 0 aliphatic heterocycles. The highest BCUT2D eigenvalue weighted by Gasteiger charge is 2.15. The maximum Gasteiger partial charge on any atom is 0.145 e. The van der Waals surface area contributed by atoms with Crippen LogP contribution in [0.2, 0.25) is 5.02 Å². The van der Waals surface area contributed by atoms with Crippen molar-refractivity contribution in [3.05, 3.63) is 34.6 Å². The average Bonchev–Trinajstić information content (AvgIpc) is 2.40. The number of benzene rings is 1. The Labute approximate surface area is 120 Å². The second-order valence-electron chi connectivity index (χ2n) is 5.05. The number of Topliss-reactive ketones (excluding diaryl/α,β-unsaturated/α-hetero) is 1. The molecule has 3 heteroatoms. The number of hydrogen-bond acceptors (Lipinski definition) is 1. The minimum atomic E-state index is -0.459. The normalized spacial score (nSPS) is 12.4. The van der Waals surface area contributed by atoms with E-state index in [1.165, 1.54) is 6.07 Å². The SMILES string of the molecule is CCCCC(CC)CC(=O)Cc1cccc(Cl)c1F. The van der Waals surface area contributed by atoms with E-state index in [9.17, 15) is 9.18 Å². The summed E-state index contributed by atoms with van der Waals surface area (Å²) < 4.78 is 13.7. The third-order valence-corrected chi connectivity index (χ3v) is 3.77. The Morgan fingerprint density at radius 3 is 2.74 bits per heavy atom. The molecule has 1 aromatic carbocycles. The lowest BCUT2D eigenvalue weighted by Crippen LogP contribution is -2.11. The molecule has 1 rings (SSSR count). The van der Waals surface area contributed by atoms with E-state index in [2.05, 4.69) is 13.8 Å². The summed E-state index contributed by atoms with van der Waals surface area (Å²) in [7, 11) is 0. The fourth-order valence-corrected chi connectivity index (χ4v) is 2.43. The second kappa shape index (κ2) is 8.31. The summed E-state index contributed by atoms with van der Waals surface area (Å²) >= 11 is 5.71. The summed E-state index contributed by atoms with van der Waals surface area (Å²) in [5.74, 6) is 0.0675. The van der Waals surface area contributed by atoms with Crippen LogP contribution in [-0.4, -0.2) is 5.78 Å². The number of carbonyl (C=O) groups is 1. The van der Waals surface area contributed by atoms with Crippen LogP contribution in [0.1, 0.15) is 51.5 Å². The summed E-state index contributed by atoms with van der Waals surface area (Å²) in [6.45, 7) is 4.25. The molecule has 0 aliphatic carbocycles.